The van der Waals surface area contributed by atoms with Gasteiger partial charge in [0.15, 0.2) is 0 Å². The molecule has 0 radical (unpaired) electrons. The summed E-state index contributed by atoms with van der Waals surface area (Å²) in [7, 11) is 1.98. The summed E-state index contributed by atoms with van der Waals surface area (Å²) < 4.78 is 32.4. The fourth-order valence-corrected chi connectivity index (χ4v) is 5.50. The number of rotatable bonds is 8. The Labute approximate surface area is 195 Å². The van der Waals surface area contributed by atoms with Crippen LogP contribution in [0, 0.1) is 5.92 Å². The van der Waals surface area contributed by atoms with Crippen molar-refractivity contribution in [3.63, 3.8) is 0 Å². The van der Waals surface area contributed by atoms with Gasteiger partial charge in [0, 0.05) is 30.6 Å². The molecule has 3 rings (SSSR count). The second-order valence-corrected chi connectivity index (χ2v) is 10.5. The quantitative estimate of drug-likeness (QED) is 0.629. The molecule has 2 aromatic carbocycles. The lowest BCUT2D eigenvalue weighted by molar-refractivity contribution is -0.126. The van der Waals surface area contributed by atoms with Gasteiger partial charge in [0.05, 0.1) is 18.0 Å². The highest BCUT2D eigenvalue weighted by atomic mass is 35.5. The Morgan fingerprint density at radius 2 is 1.84 bits per heavy atom. The van der Waals surface area contributed by atoms with Crippen LogP contribution in [0.2, 0.25) is 5.02 Å². The van der Waals surface area contributed by atoms with Crippen molar-refractivity contribution in [2.75, 3.05) is 40.8 Å². The van der Waals surface area contributed by atoms with Gasteiger partial charge in [0.1, 0.15) is 5.75 Å². The van der Waals surface area contributed by atoms with Crippen molar-refractivity contribution < 1.29 is 17.9 Å². The standard InChI is InChI=1S/C23H30ClN3O4S/c1-26(2)22(18-5-4-6-20(15-18)31-3)16-25-23(28)17-11-13-27(14-12-17)32(29,30)21-9-7-19(24)8-10-21/h4-10,15,17,22H,11-14,16H2,1-3H3,(H,25,28)/t22-/m1/s1. The fraction of sp³-hybridized carbons (Fsp3) is 0.435. The molecule has 9 heteroatoms. The number of halogens is 1. The first-order chi connectivity index (χ1) is 15.2. The van der Waals surface area contributed by atoms with E-state index >= 15 is 0 Å². The summed E-state index contributed by atoms with van der Waals surface area (Å²) >= 11 is 5.86. The van der Waals surface area contributed by atoms with Crippen molar-refractivity contribution in [1.82, 2.24) is 14.5 Å². The largest absolute Gasteiger partial charge is 0.497 e. The Morgan fingerprint density at radius 1 is 1.19 bits per heavy atom. The van der Waals surface area contributed by atoms with E-state index in [1.54, 1.807) is 19.2 Å². The van der Waals surface area contributed by atoms with Crippen LogP contribution in [-0.2, 0) is 14.8 Å². The summed E-state index contributed by atoms with van der Waals surface area (Å²) in [5.74, 6) is 0.526. The maximum Gasteiger partial charge on any atom is 0.243 e. The molecule has 2 aromatic rings. The molecule has 0 unspecified atom stereocenters. The number of likely N-dealkylation sites (N-methyl/N-ethyl adjacent to an activating group) is 1. The number of ether oxygens (including phenoxy) is 1. The van der Waals surface area contributed by atoms with E-state index in [2.05, 4.69) is 10.2 Å². The van der Waals surface area contributed by atoms with Gasteiger partial charge >= 0.3 is 0 Å². The minimum atomic E-state index is -3.58. The van der Waals surface area contributed by atoms with E-state index in [0.29, 0.717) is 37.5 Å². The second kappa shape index (κ2) is 10.7. The van der Waals surface area contributed by atoms with Crippen LogP contribution < -0.4 is 10.1 Å². The van der Waals surface area contributed by atoms with E-state index in [-0.39, 0.29) is 22.8 Å². The first-order valence-corrected chi connectivity index (χ1v) is 12.4. The Morgan fingerprint density at radius 3 is 2.44 bits per heavy atom. The predicted molar refractivity (Wildman–Crippen MR) is 125 cm³/mol. The lowest BCUT2D eigenvalue weighted by atomic mass is 9.97. The molecule has 1 amide bonds. The lowest BCUT2D eigenvalue weighted by Crippen LogP contribution is -2.44. The van der Waals surface area contributed by atoms with Crippen LogP contribution in [0.3, 0.4) is 0 Å². The molecule has 32 heavy (non-hydrogen) atoms. The van der Waals surface area contributed by atoms with Crippen molar-refractivity contribution in [3.05, 3.63) is 59.1 Å². The number of benzene rings is 2. The molecule has 0 saturated carbocycles. The smallest absolute Gasteiger partial charge is 0.243 e. The molecule has 1 saturated heterocycles. The third-order valence-electron chi connectivity index (χ3n) is 5.85. The van der Waals surface area contributed by atoms with E-state index in [1.807, 2.05) is 38.4 Å². The molecule has 1 heterocycles. The van der Waals surface area contributed by atoms with Crippen molar-refractivity contribution in [2.24, 2.45) is 5.92 Å². The summed E-state index contributed by atoms with van der Waals surface area (Å²) in [4.78, 5) is 15.1. The van der Waals surface area contributed by atoms with Crippen LogP contribution in [-0.4, -0.2) is 64.4 Å². The molecular formula is C23H30ClN3O4S. The van der Waals surface area contributed by atoms with Gasteiger partial charge in [-0.3, -0.25) is 4.79 Å². The van der Waals surface area contributed by atoms with Gasteiger partial charge in [-0.25, -0.2) is 8.42 Å². The molecule has 1 aliphatic rings. The van der Waals surface area contributed by atoms with E-state index < -0.39 is 10.0 Å². The Balaban J connectivity index is 1.57. The van der Waals surface area contributed by atoms with E-state index in [4.69, 9.17) is 16.3 Å². The maximum atomic E-state index is 12.8. The topological polar surface area (TPSA) is 79.0 Å². The zero-order chi connectivity index (χ0) is 23.3. The number of amides is 1. The first-order valence-electron chi connectivity index (χ1n) is 10.6. The van der Waals surface area contributed by atoms with E-state index in [1.165, 1.54) is 16.4 Å². The maximum absolute atomic E-state index is 12.8. The molecule has 1 atom stereocenters. The number of methoxy groups -OCH3 is 1. The number of hydrogen-bond acceptors (Lipinski definition) is 5. The summed E-state index contributed by atoms with van der Waals surface area (Å²) in [5, 5.41) is 3.55. The van der Waals surface area contributed by atoms with Crippen molar-refractivity contribution in [2.45, 2.75) is 23.8 Å². The van der Waals surface area contributed by atoms with Crippen molar-refractivity contribution in [3.8, 4) is 5.75 Å². The first kappa shape index (κ1) is 24.5. The molecule has 7 nitrogen and oxygen atoms in total. The van der Waals surface area contributed by atoms with Crippen LogP contribution in [0.4, 0.5) is 0 Å². The molecule has 1 fully saturated rings. The molecule has 0 spiro atoms. The average Bonchev–Trinajstić information content (AvgIpc) is 2.79. The molecule has 0 aromatic heterocycles. The van der Waals surface area contributed by atoms with Crippen LogP contribution in [0.15, 0.2) is 53.4 Å². The van der Waals surface area contributed by atoms with Gasteiger partial charge in [-0.15, -0.1) is 0 Å². The highest BCUT2D eigenvalue weighted by Gasteiger charge is 2.32. The SMILES string of the molecule is COc1cccc([C@@H](CNC(=O)C2CCN(S(=O)(=O)c3ccc(Cl)cc3)CC2)N(C)C)c1. The highest BCUT2D eigenvalue weighted by molar-refractivity contribution is 7.89. The Hall–Kier alpha value is -2.13. The number of sulfonamides is 1. The second-order valence-electron chi connectivity index (χ2n) is 8.13. The normalized spacial score (nSPS) is 16.7. The molecule has 0 aliphatic carbocycles. The zero-order valence-electron chi connectivity index (χ0n) is 18.6. The van der Waals surface area contributed by atoms with Crippen molar-refractivity contribution >= 4 is 27.5 Å². The average molecular weight is 480 g/mol. The number of piperidine rings is 1. The van der Waals surface area contributed by atoms with Gasteiger partial charge in [-0.05, 0) is 68.9 Å². The van der Waals surface area contributed by atoms with E-state index in [0.717, 1.165) is 11.3 Å². The molecule has 174 valence electrons. The summed E-state index contributed by atoms with van der Waals surface area (Å²) in [6.07, 6.45) is 0.981. The lowest BCUT2D eigenvalue weighted by Gasteiger charge is -2.31. The van der Waals surface area contributed by atoms with Gasteiger partial charge in [0.2, 0.25) is 15.9 Å². The highest BCUT2D eigenvalue weighted by Crippen LogP contribution is 2.26. The van der Waals surface area contributed by atoms with Gasteiger partial charge in [-0.2, -0.15) is 4.31 Å². The zero-order valence-corrected chi connectivity index (χ0v) is 20.2. The summed E-state index contributed by atoms with van der Waals surface area (Å²) in [6, 6.07) is 14.0. The molecular weight excluding hydrogens is 450 g/mol. The predicted octanol–water partition coefficient (Wildman–Crippen LogP) is 3.17. The molecule has 1 N–H and O–H groups in total. The van der Waals surface area contributed by atoms with Gasteiger partial charge < -0.3 is 15.0 Å². The summed E-state index contributed by atoms with van der Waals surface area (Å²) in [5.41, 5.74) is 1.05. The number of nitrogens with zero attached hydrogens (tertiary/aromatic N) is 2. The number of hydrogen-bond donors (Lipinski definition) is 1. The Bertz CT molecular complexity index is 1020. The molecule has 0 bridgehead atoms. The van der Waals surface area contributed by atoms with Crippen LogP contribution in [0.5, 0.6) is 5.75 Å². The summed E-state index contributed by atoms with van der Waals surface area (Å²) in [6.45, 7) is 1.09. The third-order valence-corrected chi connectivity index (χ3v) is 8.01. The minimum Gasteiger partial charge on any atom is -0.497 e. The number of nitrogens with one attached hydrogen (secondary N) is 1. The Kier molecular flexibility index (Phi) is 8.16. The van der Waals surface area contributed by atoms with Crippen LogP contribution in [0.1, 0.15) is 24.4 Å². The third kappa shape index (κ3) is 5.81. The fourth-order valence-electron chi connectivity index (χ4n) is 3.90. The molecule has 1 aliphatic heterocycles. The van der Waals surface area contributed by atoms with E-state index in [9.17, 15) is 13.2 Å². The number of carbonyl (C=O) groups is 1. The minimum absolute atomic E-state index is 0.000536. The van der Waals surface area contributed by atoms with Crippen LogP contribution in [0.25, 0.3) is 0 Å². The van der Waals surface area contributed by atoms with Crippen molar-refractivity contribution in [1.29, 1.82) is 0 Å². The number of carbonyl (C=O) groups excluding carboxylic acids is 1. The van der Waals surface area contributed by atoms with Gasteiger partial charge in [0.25, 0.3) is 0 Å². The van der Waals surface area contributed by atoms with Gasteiger partial charge in [-0.1, -0.05) is 23.7 Å². The monoisotopic (exact) mass is 479 g/mol. The van der Waals surface area contributed by atoms with Crippen LogP contribution >= 0.6 is 11.6 Å².